The molecule has 63 heavy (non-hydrogen) atoms. The first-order valence-electron chi connectivity index (χ1n) is 21.7. The summed E-state index contributed by atoms with van der Waals surface area (Å²) in [6, 6.07) is 11.4. The van der Waals surface area contributed by atoms with E-state index in [0.29, 0.717) is 28.1 Å². The number of amides is 2. The van der Waals surface area contributed by atoms with Crippen LogP contribution < -0.4 is 9.47 Å². The maximum Gasteiger partial charge on any atom is 0.350 e. The van der Waals surface area contributed by atoms with Gasteiger partial charge in [-0.05, 0) is 53.4 Å². The molecule has 0 N–H and O–H groups in total. The molecular formula is C48H61N3O8S4. The number of hydrogen-bond acceptors (Lipinski definition) is 13. The number of thioether (sulfide) groups is 4. The number of hydrogen-bond donors (Lipinski definition) is 0. The Labute approximate surface area is 390 Å². The molecule has 3 aliphatic rings. The molecule has 5 rings (SSSR count). The summed E-state index contributed by atoms with van der Waals surface area (Å²) < 4.78 is 19.0. The van der Waals surface area contributed by atoms with Gasteiger partial charge in [0, 0.05) is 19.9 Å². The third-order valence-corrected chi connectivity index (χ3v) is 15.8. The fraction of sp³-hybridized carbons (Fsp3) is 0.542. The number of benzene rings is 2. The van der Waals surface area contributed by atoms with Crippen molar-refractivity contribution < 1.29 is 38.2 Å². The number of ether oxygens (including phenoxy) is 3. The summed E-state index contributed by atoms with van der Waals surface area (Å²) in [5.41, 5.74) is 0.523. The van der Waals surface area contributed by atoms with Gasteiger partial charge in [0.1, 0.15) is 11.6 Å². The largest absolute Gasteiger partial charge is 0.461 e. The van der Waals surface area contributed by atoms with Gasteiger partial charge in [0.2, 0.25) is 0 Å². The van der Waals surface area contributed by atoms with Gasteiger partial charge in [-0.3, -0.25) is 19.2 Å². The summed E-state index contributed by atoms with van der Waals surface area (Å²) in [4.78, 5) is 71.2. The number of carbonyl (C=O) groups is 5. The molecule has 3 aliphatic heterocycles. The second-order valence-electron chi connectivity index (χ2n) is 19.1. The predicted molar refractivity (Wildman–Crippen MR) is 251 cm³/mol. The molecular weight excluding hydrogens is 875 g/mol. The molecule has 0 saturated carbocycles. The summed E-state index contributed by atoms with van der Waals surface area (Å²) in [7, 11) is 1.55. The monoisotopic (exact) mass is 935 g/mol. The van der Waals surface area contributed by atoms with Crippen molar-refractivity contribution >= 4 is 76.8 Å². The standard InChI is InChI=1S/C48H61N3O8S4/c1-12-14-18-30(13-2)27-57-44(56)32(25-49)45-60-38-36(58-33(52)21-28(3)23-47(5,6)7)40-41(37(39(38)61-45)59-34(53)22-29(4)24-48(8,9)10)63-46(62-40)35-42(54)50(11)51(43(35)55)26-31-19-16-15-17-20-31/h15-17,19-20,28-30H,12-14,18,21-24,26-27H2,1-11H3. The van der Waals surface area contributed by atoms with Crippen LogP contribution in [0.5, 0.6) is 11.5 Å². The summed E-state index contributed by atoms with van der Waals surface area (Å²) in [5, 5.41) is 13.1. The zero-order chi connectivity index (χ0) is 46.4. The molecule has 2 aromatic carbocycles. The highest BCUT2D eigenvalue weighted by atomic mass is 32.2. The van der Waals surface area contributed by atoms with E-state index in [1.165, 1.54) is 10.0 Å². The van der Waals surface area contributed by atoms with Crippen molar-refractivity contribution in [3.8, 4) is 17.6 Å². The number of likely N-dealkylation sites (N-methyl/N-ethyl adjacent to an activating group) is 1. The smallest absolute Gasteiger partial charge is 0.350 e. The van der Waals surface area contributed by atoms with E-state index in [1.807, 2.05) is 51.1 Å². The molecule has 340 valence electrons. The van der Waals surface area contributed by atoms with Crippen molar-refractivity contribution in [2.75, 3.05) is 13.7 Å². The Bertz CT molecular complexity index is 2120. The molecule has 3 heterocycles. The lowest BCUT2D eigenvalue weighted by Gasteiger charge is -2.23. The van der Waals surface area contributed by atoms with Crippen LogP contribution in [-0.4, -0.2) is 53.4 Å². The Morgan fingerprint density at radius 3 is 1.75 bits per heavy atom. The van der Waals surface area contributed by atoms with Gasteiger partial charge in [0.05, 0.1) is 41.2 Å². The van der Waals surface area contributed by atoms with Crippen LogP contribution >= 0.6 is 47.0 Å². The Hall–Kier alpha value is -3.84. The van der Waals surface area contributed by atoms with E-state index >= 15 is 0 Å². The van der Waals surface area contributed by atoms with Gasteiger partial charge in [-0.15, -0.1) is 0 Å². The van der Waals surface area contributed by atoms with Crippen LogP contribution in [0.15, 0.2) is 69.5 Å². The third kappa shape index (κ3) is 12.9. The Morgan fingerprint density at radius 2 is 1.29 bits per heavy atom. The summed E-state index contributed by atoms with van der Waals surface area (Å²) in [6.07, 6.45) is 5.49. The molecule has 0 radical (unpaired) electrons. The van der Waals surface area contributed by atoms with Gasteiger partial charge >= 0.3 is 17.9 Å². The maximum absolute atomic E-state index is 14.2. The zero-order valence-corrected chi connectivity index (χ0v) is 41.7. The van der Waals surface area contributed by atoms with Crippen LogP contribution in [0.25, 0.3) is 0 Å². The molecule has 15 heteroatoms. The number of rotatable bonds is 17. The number of hydrazine groups is 1. The molecule has 0 aliphatic carbocycles. The van der Waals surface area contributed by atoms with Crippen molar-refractivity contribution in [1.82, 2.24) is 10.0 Å². The van der Waals surface area contributed by atoms with Crippen LogP contribution in [-0.2, 0) is 35.3 Å². The van der Waals surface area contributed by atoms with Crippen LogP contribution in [0.4, 0.5) is 0 Å². The lowest BCUT2D eigenvalue weighted by molar-refractivity contribution is -0.144. The van der Waals surface area contributed by atoms with Crippen LogP contribution in [0.1, 0.15) is 126 Å². The highest BCUT2D eigenvalue weighted by Gasteiger charge is 2.46. The normalized spacial score (nSPS) is 16.4. The Kier molecular flexibility index (Phi) is 17.1. The van der Waals surface area contributed by atoms with Crippen molar-refractivity contribution in [3.05, 3.63) is 55.5 Å². The second kappa shape index (κ2) is 21.4. The average molecular weight is 936 g/mol. The average Bonchev–Trinajstić information content (AvgIpc) is 3.87. The molecule has 0 bridgehead atoms. The minimum Gasteiger partial charge on any atom is -0.461 e. The van der Waals surface area contributed by atoms with Crippen LogP contribution in [0.2, 0.25) is 0 Å². The molecule has 2 aromatic rings. The predicted octanol–water partition coefficient (Wildman–Crippen LogP) is 11.9. The van der Waals surface area contributed by atoms with E-state index in [2.05, 4.69) is 54.5 Å². The van der Waals surface area contributed by atoms with E-state index in [0.717, 1.165) is 91.1 Å². The van der Waals surface area contributed by atoms with E-state index in [4.69, 9.17) is 14.2 Å². The minimum atomic E-state index is -0.759. The minimum absolute atomic E-state index is 0.0183. The SMILES string of the molecule is CCCCC(CC)COC(=O)C(C#N)=C1Sc2c(OC(=O)CC(C)CC(C)(C)C)c3c(c(OC(=O)CC(C)CC(C)(C)C)c2S1)SC(=C1C(=O)N(C)N(Cc2ccccc2)C1=O)S3. The fourth-order valence-electron chi connectivity index (χ4n) is 7.98. The molecule has 3 atom stereocenters. The lowest BCUT2D eigenvalue weighted by Crippen LogP contribution is -2.37. The quantitative estimate of drug-likeness (QED) is 0.0488. The summed E-state index contributed by atoms with van der Waals surface area (Å²) >= 11 is 4.36. The van der Waals surface area contributed by atoms with Crippen molar-refractivity contribution in [3.63, 3.8) is 0 Å². The van der Waals surface area contributed by atoms with Crippen LogP contribution in [0, 0.1) is 39.9 Å². The number of carbonyl (C=O) groups excluding carboxylic acids is 5. The van der Waals surface area contributed by atoms with Gasteiger partial charge in [0.15, 0.2) is 17.1 Å². The Balaban J connectivity index is 1.63. The maximum atomic E-state index is 14.2. The number of nitrogens with zero attached hydrogens (tertiary/aromatic N) is 3. The molecule has 0 aromatic heterocycles. The third-order valence-electron chi connectivity index (χ3n) is 10.6. The van der Waals surface area contributed by atoms with Gasteiger partial charge in [0.25, 0.3) is 11.8 Å². The van der Waals surface area contributed by atoms with E-state index in [-0.39, 0.29) is 77.2 Å². The molecule has 3 unspecified atom stereocenters. The molecule has 2 amide bonds. The second-order valence-corrected chi connectivity index (χ2v) is 23.7. The van der Waals surface area contributed by atoms with E-state index in [9.17, 15) is 29.2 Å². The Morgan fingerprint density at radius 1 is 0.778 bits per heavy atom. The van der Waals surface area contributed by atoms with Gasteiger partial charge < -0.3 is 14.2 Å². The summed E-state index contributed by atoms with van der Waals surface area (Å²) in [6.45, 7) is 21.1. The first kappa shape index (κ1) is 50.2. The lowest BCUT2D eigenvalue weighted by atomic mass is 9.84. The first-order chi connectivity index (χ1) is 29.6. The molecule has 1 saturated heterocycles. The first-order valence-corrected chi connectivity index (χ1v) is 25.0. The van der Waals surface area contributed by atoms with Gasteiger partial charge in [-0.2, -0.15) is 5.26 Å². The highest BCUT2D eigenvalue weighted by Crippen LogP contribution is 2.69. The molecule has 1 fully saturated rings. The highest BCUT2D eigenvalue weighted by molar-refractivity contribution is 8.26. The van der Waals surface area contributed by atoms with Gasteiger partial charge in [-0.1, -0.05) is 166 Å². The van der Waals surface area contributed by atoms with Crippen molar-refractivity contribution in [2.24, 2.45) is 28.6 Å². The summed E-state index contributed by atoms with van der Waals surface area (Å²) in [5.74, 6) is -2.32. The van der Waals surface area contributed by atoms with Crippen molar-refractivity contribution in [2.45, 2.75) is 147 Å². The van der Waals surface area contributed by atoms with Crippen molar-refractivity contribution in [1.29, 1.82) is 5.26 Å². The molecule has 11 nitrogen and oxygen atoms in total. The number of fused-ring (bicyclic) bond motifs is 2. The van der Waals surface area contributed by atoms with Crippen LogP contribution in [0.3, 0.4) is 0 Å². The van der Waals surface area contributed by atoms with E-state index in [1.54, 1.807) is 7.05 Å². The topological polar surface area (TPSA) is 143 Å². The number of unbranched alkanes of at least 4 members (excludes halogenated alkanes) is 1. The van der Waals surface area contributed by atoms with Gasteiger partial charge in [-0.25, -0.2) is 14.8 Å². The fourth-order valence-corrected chi connectivity index (χ4v) is 13.4. The molecule has 0 spiro atoms. The zero-order valence-electron chi connectivity index (χ0n) is 38.4. The van der Waals surface area contributed by atoms with E-state index < -0.39 is 29.7 Å². The number of esters is 3. The number of nitriles is 1.